The number of hydrogen-bond acceptors (Lipinski definition) is 14. The Labute approximate surface area is 513 Å². The predicted octanol–water partition coefficient (Wildman–Crippen LogP) is 1.60. The SMILES string of the molecule is CC(C)NCCCC[C@H](NC(=O)[C@H]1CCC(=O)N[C@@H](Cc2ccccc2)C(=O)N[C@@H](Cc2ccc(O)cc2)C(=O)N[C@@H](CCCCNC(C)C)C(=O)N[C@H](CCCN=C(N)N)C(=O)N[C@@H](Cc2ccc3ccccc3c2)C(=O)NCc2cn1nn2)C(N)=O. The molecule has 7 atom stereocenters. The van der Waals surface area contributed by atoms with Crippen LogP contribution in [0.3, 0.4) is 0 Å². The number of unbranched alkanes of at least 4 members (excludes halogenated alkanes) is 2. The fourth-order valence-corrected chi connectivity index (χ4v) is 10.1. The minimum Gasteiger partial charge on any atom is -0.508 e. The number of carbonyl (C=O) groups excluding carboxylic acids is 8. The zero-order chi connectivity index (χ0) is 63.5. The number of phenolic OH excluding ortho intramolecular Hbond substituents is 1. The quantitative estimate of drug-likeness (QED) is 0.0224. The Hall–Kier alpha value is -8.97. The summed E-state index contributed by atoms with van der Waals surface area (Å²) in [5.74, 6) is -5.98. The van der Waals surface area contributed by atoms with E-state index >= 15 is 0 Å². The topological polar surface area (TPSA) is 386 Å². The molecule has 0 unspecified atom stereocenters. The van der Waals surface area contributed by atoms with E-state index in [4.69, 9.17) is 17.2 Å². The van der Waals surface area contributed by atoms with Gasteiger partial charge in [0.15, 0.2) is 5.96 Å². The van der Waals surface area contributed by atoms with E-state index in [9.17, 15) is 43.5 Å². The number of nitrogens with two attached hydrogens (primary N) is 3. The van der Waals surface area contributed by atoms with Gasteiger partial charge in [-0.25, -0.2) is 4.68 Å². The van der Waals surface area contributed by atoms with E-state index in [1.54, 1.807) is 42.5 Å². The van der Waals surface area contributed by atoms with Gasteiger partial charge >= 0.3 is 0 Å². The summed E-state index contributed by atoms with van der Waals surface area (Å²) in [6.07, 6.45) is 3.44. The third-order valence-electron chi connectivity index (χ3n) is 14.9. The van der Waals surface area contributed by atoms with Gasteiger partial charge < -0.3 is 70.2 Å². The molecular weight excluding hydrogens is 1120 g/mol. The maximum absolute atomic E-state index is 14.9. The lowest BCUT2D eigenvalue weighted by molar-refractivity contribution is -0.135. The third kappa shape index (κ3) is 23.0. The second kappa shape index (κ2) is 35.0. The van der Waals surface area contributed by atoms with Crippen LogP contribution in [0.15, 0.2) is 108 Å². The van der Waals surface area contributed by atoms with Crippen molar-refractivity contribution in [2.75, 3.05) is 19.6 Å². The number of fused-ring (bicyclic) bond motifs is 3. The molecule has 25 nitrogen and oxygen atoms in total. The number of phenols is 1. The van der Waals surface area contributed by atoms with E-state index in [1.807, 2.05) is 70.2 Å². The lowest BCUT2D eigenvalue weighted by atomic mass is 10.00. The fraction of sp³-hybridized carbons (Fsp3) is 0.476. The van der Waals surface area contributed by atoms with Gasteiger partial charge in [0, 0.05) is 44.3 Å². The summed E-state index contributed by atoms with van der Waals surface area (Å²) in [5.41, 5.74) is 19.2. The number of amides is 8. The summed E-state index contributed by atoms with van der Waals surface area (Å²) in [5, 5.41) is 47.1. The molecule has 1 aromatic heterocycles. The van der Waals surface area contributed by atoms with Crippen LogP contribution in [0.1, 0.15) is 120 Å². The van der Waals surface area contributed by atoms with Gasteiger partial charge in [-0.1, -0.05) is 118 Å². The van der Waals surface area contributed by atoms with Gasteiger partial charge in [-0.3, -0.25) is 43.3 Å². The highest BCUT2D eigenvalue weighted by Crippen LogP contribution is 2.20. The Morgan fingerprint density at radius 3 is 1.78 bits per heavy atom. The average molecular weight is 1210 g/mol. The number of aromatic hydroxyl groups is 1. The van der Waals surface area contributed by atoms with Gasteiger partial charge in [-0.15, -0.1) is 5.10 Å². The maximum Gasteiger partial charge on any atom is 0.245 e. The van der Waals surface area contributed by atoms with E-state index in [0.717, 1.165) is 10.8 Å². The lowest BCUT2D eigenvalue weighted by Crippen LogP contribution is -2.59. The number of nitrogens with one attached hydrogen (secondary N) is 9. The molecular formula is C63H88N16O9. The number of aromatic nitrogens is 3. The van der Waals surface area contributed by atoms with E-state index in [-0.39, 0.29) is 100 Å². The highest BCUT2D eigenvalue weighted by molar-refractivity contribution is 5.97. The zero-order valence-electron chi connectivity index (χ0n) is 50.8. The Balaban J connectivity index is 1.42. The number of hydrogen-bond donors (Lipinski definition) is 13. The van der Waals surface area contributed by atoms with Crippen LogP contribution in [0, 0.1) is 0 Å². The highest BCUT2D eigenvalue weighted by atomic mass is 16.3. The number of rotatable bonds is 25. The molecule has 88 heavy (non-hydrogen) atoms. The molecule has 474 valence electrons. The molecule has 0 fully saturated rings. The molecule has 1 aliphatic heterocycles. The fourth-order valence-electron chi connectivity index (χ4n) is 10.1. The lowest BCUT2D eigenvalue weighted by Gasteiger charge is -2.28. The van der Waals surface area contributed by atoms with Crippen LogP contribution in [0.4, 0.5) is 0 Å². The molecule has 25 heteroatoms. The first-order valence-electron chi connectivity index (χ1n) is 30.3. The molecule has 0 saturated carbocycles. The van der Waals surface area contributed by atoms with Crippen molar-refractivity contribution < 1.29 is 43.5 Å². The molecule has 16 N–H and O–H groups in total. The molecule has 5 aromatic rings. The molecule has 0 spiro atoms. The predicted molar refractivity (Wildman–Crippen MR) is 334 cm³/mol. The van der Waals surface area contributed by atoms with Gasteiger partial charge in [-0.2, -0.15) is 0 Å². The second-order valence-corrected chi connectivity index (χ2v) is 22.9. The Morgan fingerprint density at radius 1 is 0.625 bits per heavy atom. The van der Waals surface area contributed by atoms with Crippen LogP contribution in [0.5, 0.6) is 5.75 Å². The Kier molecular flexibility index (Phi) is 27.1. The van der Waals surface area contributed by atoms with Crippen molar-refractivity contribution in [3.8, 4) is 5.75 Å². The standard InChI is InChI=1S/C63H88N16O9/c1-39(2)67-30-12-10-19-48(56(64)82)72-62(88)54-28-29-55(81)71-52(34-41-15-6-5-7-16-41)60(86)76-53(35-42-23-26-47(80)27-24-42)61(87)74-49(20-11-13-31-68-40(3)4)58(84)73-50(21-14-32-69-63(65)66)59(85)75-51(57(83)70-37-46-38-79(54)78-77-46)36-43-22-25-44-17-8-9-18-45(44)33-43/h5-9,15-18,22-27,33,38-40,48-54,67-68,80H,10-14,19-21,28-32,34-37H2,1-4H3,(H2,64,82)(H,70,83)(H,71,81)(H,72,88)(H,73,84)(H,74,87)(H,75,85)(H,76,86)(H4,65,66,69)/t48-,49-,50+,51-,52-,53-,54+/m0/s1. The van der Waals surface area contributed by atoms with Crippen molar-refractivity contribution in [2.45, 2.75) is 172 Å². The van der Waals surface area contributed by atoms with E-state index in [2.05, 4.69) is 63.2 Å². The summed E-state index contributed by atoms with van der Waals surface area (Å²) in [4.78, 5) is 120. The molecule has 0 saturated heterocycles. The number of benzene rings is 4. The smallest absolute Gasteiger partial charge is 0.245 e. The Morgan fingerprint density at radius 2 is 1.16 bits per heavy atom. The largest absolute Gasteiger partial charge is 0.508 e. The Bertz CT molecular complexity index is 3130. The van der Waals surface area contributed by atoms with Gasteiger partial charge in [0.25, 0.3) is 0 Å². The van der Waals surface area contributed by atoms with Crippen LogP contribution in [0.25, 0.3) is 10.8 Å². The van der Waals surface area contributed by atoms with Crippen molar-refractivity contribution in [1.29, 1.82) is 0 Å². The second-order valence-electron chi connectivity index (χ2n) is 22.9. The number of carbonyl (C=O) groups is 8. The zero-order valence-corrected chi connectivity index (χ0v) is 50.8. The number of nitrogens with zero attached hydrogens (tertiary/aromatic N) is 4. The van der Waals surface area contributed by atoms with Crippen molar-refractivity contribution in [3.05, 3.63) is 126 Å². The first kappa shape index (κ1) is 68.1. The summed E-state index contributed by atoms with van der Waals surface area (Å²) in [6, 6.07) is 19.7. The maximum atomic E-state index is 14.9. The van der Waals surface area contributed by atoms with Crippen LogP contribution >= 0.6 is 0 Å². The normalized spacial score (nSPS) is 19.7. The van der Waals surface area contributed by atoms with E-state index < -0.39 is 89.6 Å². The minimum absolute atomic E-state index is 0.00716. The van der Waals surface area contributed by atoms with Crippen molar-refractivity contribution in [3.63, 3.8) is 0 Å². The summed E-state index contributed by atoms with van der Waals surface area (Å²) in [6.45, 7) is 9.15. The molecule has 0 aliphatic carbocycles. The van der Waals surface area contributed by atoms with Crippen LogP contribution in [-0.4, -0.2) is 141 Å². The van der Waals surface area contributed by atoms with Crippen LogP contribution in [0.2, 0.25) is 0 Å². The molecule has 2 bridgehead atoms. The summed E-state index contributed by atoms with van der Waals surface area (Å²) >= 11 is 0. The van der Waals surface area contributed by atoms with Crippen molar-refractivity contribution >= 4 is 64.0 Å². The van der Waals surface area contributed by atoms with Gasteiger partial charge in [0.2, 0.25) is 47.3 Å². The van der Waals surface area contributed by atoms with Crippen molar-refractivity contribution in [2.24, 2.45) is 22.2 Å². The molecule has 0 radical (unpaired) electrons. The number of guanidine groups is 1. The van der Waals surface area contributed by atoms with Gasteiger partial charge in [0.1, 0.15) is 53.7 Å². The van der Waals surface area contributed by atoms with Crippen LogP contribution < -0.4 is 65.1 Å². The van der Waals surface area contributed by atoms with Gasteiger partial charge in [0.05, 0.1) is 12.7 Å². The third-order valence-corrected chi connectivity index (χ3v) is 14.9. The average Bonchev–Trinajstić information content (AvgIpc) is 3.11. The number of primary amides is 1. The first-order chi connectivity index (χ1) is 42.2. The monoisotopic (exact) mass is 1210 g/mol. The highest BCUT2D eigenvalue weighted by Gasteiger charge is 2.34. The van der Waals surface area contributed by atoms with Crippen LogP contribution in [-0.2, 0) is 64.2 Å². The van der Waals surface area contributed by atoms with E-state index in [1.165, 1.54) is 23.0 Å². The van der Waals surface area contributed by atoms with Crippen molar-refractivity contribution in [1.82, 2.24) is 62.8 Å². The number of aliphatic imine (C=N–C) groups is 1. The minimum atomic E-state index is -1.39. The first-order valence-corrected chi connectivity index (χ1v) is 30.3. The molecule has 8 amide bonds. The summed E-state index contributed by atoms with van der Waals surface area (Å²) in [7, 11) is 0. The van der Waals surface area contributed by atoms with E-state index in [0.29, 0.717) is 55.5 Å². The van der Waals surface area contributed by atoms with Gasteiger partial charge in [-0.05, 0) is 110 Å². The molecule has 2 heterocycles. The molecule has 4 aromatic carbocycles. The molecule has 1 aliphatic rings. The molecule has 6 rings (SSSR count). The summed E-state index contributed by atoms with van der Waals surface area (Å²) < 4.78 is 1.22.